The molecule has 110 valence electrons. The topological polar surface area (TPSA) is 39.7 Å². The first kappa shape index (κ1) is 13.9. The van der Waals surface area contributed by atoms with Crippen molar-refractivity contribution in [2.75, 3.05) is 32.2 Å². The average Bonchev–Trinajstić information content (AvgIpc) is 2.89. The molecule has 2 heterocycles. The fourth-order valence-corrected chi connectivity index (χ4v) is 3.18. The molecule has 0 saturated carbocycles. The highest BCUT2D eigenvalue weighted by Gasteiger charge is 2.41. The van der Waals surface area contributed by atoms with Crippen molar-refractivity contribution < 1.29 is 14.2 Å². The summed E-state index contributed by atoms with van der Waals surface area (Å²) >= 11 is 0. The SMILES string of the molecule is COCc1ccccc1NC1CCOC2(CCOC2)C1. The predicted octanol–water partition coefficient (Wildman–Crippen LogP) is 2.58. The summed E-state index contributed by atoms with van der Waals surface area (Å²) in [6.07, 6.45) is 3.09. The van der Waals surface area contributed by atoms with E-state index in [9.17, 15) is 0 Å². The number of rotatable bonds is 4. The first-order valence-corrected chi connectivity index (χ1v) is 7.36. The zero-order valence-electron chi connectivity index (χ0n) is 12.1. The smallest absolute Gasteiger partial charge is 0.0956 e. The number of nitrogens with one attached hydrogen (secondary N) is 1. The van der Waals surface area contributed by atoms with Crippen molar-refractivity contribution in [1.82, 2.24) is 0 Å². The van der Waals surface area contributed by atoms with Gasteiger partial charge < -0.3 is 19.5 Å². The largest absolute Gasteiger partial charge is 0.382 e. The highest BCUT2D eigenvalue weighted by Crippen LogP contribution is 2.34. The summed E-state index contributed by atoms with van der Waals surface area (Å²) in [7, 11) is 1.73. The number of methoxy groups -OCH3 is 1. The molecule has 1 spiro atoms. The highest BCUT2D eigenvalue weighted by molar-refractivity contribution is 5.51. The average molecular weight is 277 g/mol. The van der Waals surface area contributed by atoms with Crippen LogP contribution >= 0.6 is 0 Å². The summed E-state index contributed by atoms with van der Waals surface area (Å²) in [5.74, 6) is 0. The fourth-order valence-electron chi connectivity index (χ4n) is 3.18. The number of anilines is 1. The van der Waals surface area contributed by atoms with Gasteiger partial charge in [-0.1, -0.05) is 18.2 Å². The van der Waals surface area contributed by atoms with Gasteiger partial charge in [-0.15, -0.1) is 0 Å². The quantitative estimate of drug-likeness (QED) is 0.918. The molecule has 3 rings (SSSR count). The van der Waals surface area contributed by atoms with Crippen LogP contribution in [0, 0.1) is 0 Å². The van der Waals surface area contributed by atoms with Gasteiger partial charge in [-0.2, -0.15) is 0 Å². The van der Waals surface area contributed by atoms with Crippen LogP contribution in [0.2, 0.25) is 0 Å². The van der Waals surface area contributed by atoms with Gasteiger partial charge in [0.25, 0.3) is 0 Å². The summed E-state index contributed by atoms with van der Waals surface area (Å²) in [5, 5.41) is 3.67. The maximum Gasteiger partial charge on any atom is 0.0956 e. The molecule has 4 heteroatoms. The minimum atomic E-state index is -0.0495. The van der Waals surface area contributed by atoms with Crippen molar-refractivity contribution in [2.24, 2.45) is 0 Å². The van der Waals surface area contributed by atoms with Crippen LogP contribution in [0.4, 0.5) is 5.69 Å². The number of hydrogen-bond donors (Lipinski definition) is 1. The van der Waals surface area contributed by atoms with Crippen LogP contribution < -0.4 is 5.32 Å². The van der Waals surface area contributed by atoms with E-state index >= 15 is 0 Å². The van der Waals surface area contributed by atoms with E-state index in [-0.39, 0.29) is 5.60 Å². The van der Waals surface area contributed by atoms with Gasteiger partial charge >= 0.3 is 0 Å². The second-order valence-electron chi connectivity index (χ2n) is 5.76. The van der Waals surface area contributed by atoms with Crippen LogP contribution in [-0.4, -0.2) is 38.6 Å². The van der Waals surface area contributed by atoms with E-state index in [0.29, 0.717) is 12.6 Å². The van der Waals surface area contributed by atoms with Gasteiger partial charge in [0.05, 0.1) is 18.8 Å². The number of para-hydroxylation sites is 1. The van der Waals surface area contributed by atoms with Gasteiger partial charge in [-0.3, -0.25) is 0 Å². The van der Waals surface area contributed by atoms with Gasteiger partial charge in [0, 0.05) is 44.0 Å². The van der Waals surface area contributed by atoms with Crippen LogP contribution in [-0.2, 0) is 20.8 Å². The second kappa shape index (κ2) is 6.12. The van der Waals surface area contributed by atoms with Gasteiger partial charge in [-0.25, -0.2) is 0 Å². The third-order valence-electron chi connectivity index (χ3n) is 4.24. The van der Waals surface area contributed by atoms with E-state index in [1.54, 1.807) is 7.11 Å². The lowest BCUT2D eigenvalue weighted by Gasteiger charge is -2.38. The van der Waals surface area contributed by atoms with Crippen molar-refractivity contribution >= 4 is 5.69 Å². The molecular weight excluding hydrogens is 254 g/mol. The molecule has 1 aromatic rings. The van der Waals surface area contributed by atoms with E-state index in [2.05, 4.69) is 29.6 Å². The Morgan fingerprint density at radius 3 is 3.05 bits per heavy atom. The van der Waals surface area contributed by atoms with Crippen molar-refractivity contribution in [1.29, 1.82) is 0 Å². The molecule has 0 amide bonds. The third kappa shape index (κ3) is 2.97. The molecule has 2 atom stereocenters. The summed E-state index contributed by atoms with van der Waals surface area (Å²) in [6.45, 7) is 3.02. The zero-order chi connectivity index (χ0) is 13.8. The van der Waals surface area contributed by atoms with Crippen molar-refractivity contribution in [3.05, 3.63) is 29.8 Å². The summed E-state index contributed by atoms with van der Waals surface area (Å²) in [6, 6.07) is 8.80. The summed E-state index contributed by atoms with van der Waals surface area (Å²) in [4.78, 5) is 0. The Morgan fingerprint density at radius 2 is 2.25 bits per heavy atom. The van der Waals surface area contributed by atoms with Gasteiger partial charge in [0.1, 0.15) is 0 Å². The molecule has 0 bridgehead atoms. The number of ether oxygens (including phenoxy) is 3. The third-order valence-corrected chi connectivity index (χ3v) is 4.24. The number of hydrogen-bond acceptors (Lipinski definition) is 4. The summed E-state index contributed by atoms with van der Waals surface area (Å²) < 4.78 is 16.8. The molecule has 2 aliphatic rings. The van der Waals surface area contributed by atoms with Crippen LogP contribution in [0.25, 0.3) is 0 Å². The lowest BCUT2D eigenvalue weighted by atomic mass is 9.89. The second-order valence-corrected chi connectivity index (χ2v) is 5.76. The van der Waals surface area contributed by atoms with Crippen LogP contribution in [0.1, 0.15) is 24.8 Å². The fraction of sp³-hybridized carbons (Fsp3) is 0.625. The van der Waals surface area contributed by atoms with Gasteiger partial charge in [-0.05, 0) is 18.9 Å². The lowest BCUT2D eigenvalue weighted by Crippen LogP contribution is -2.45. The molecule has 0 radical (unpaired) electrons. The zero-order valence-corrected chi connectivity index (χ0v) is 12.1. The standard InChI is InChI=1S/C16H23NO3/c1-18-11-13-4-2-3-5-15(13)17-14-6-8-20-16(10-14)7-9-19-12-16/h2-5,14,17H,6-12H2,1H3. The van der Waals surface area contributed by atoms with Crippen molar-refractivity contribution in [3.8, 4) is 0 Å². The molecule has 1 N–H and O–H groups in total. The first-order valence-electron chi connectivity index (χ1n) is 7.36. The Bertz CT molecular complexity index is 443. The Labute approximate surface area is 120 Å². The molecule has 0 aromatic heterocycles. The first-order chi connectivity index (χ1) is 9.81. The Kier molecular flexibility index (Phi) is 4.24. The molecule has 4 nitrogen and oxygen atoms in total. The lowest BCUT2D eigenvalue weighted by molar-refractivity contribution is -0.0828. The van der Waals surface area contributed by atoms with E-state index in [1.165, 1.54) is 11.3 Å². The van der Waals surface area contributed by atoms with E-state index in [1.807, 2.05) is 0 Å². The Balaban J connectivity index is 1.68. The minimum absolute atomic E-state index is 0.0495. The molecule has 2 saturated heterocycles. The van der Waals surface area contributed by atoms with Crippen LogP contribution in [0.3, 0.4) is 0 Å². The molecule has 2 unspecified atom stereocenters. The molecular formula is C16H23NO3. The van der Waals surface area contributed by atoms with Crippen molar-refractivity contribution in [2.45, 2.75) is 37.5 Å². The van der Waals surface area contributed by atoms with E-state index in [4.69, 9.17) is 14.2 Å². The molecule has 2 aliphatic heterocycles. The maximum atomic E-state index is 5.98. The van der Waals surface area contributed by atoms with E-state index in [0.717, 1.165) is 39.1 Å². The highest BCUT2D eigenvalue weighted by atomic mass is 16.6. The predicted molar refractivity (Wildman–Crippen MR) is 77.9 cm³/mol. The number of benzene rings is 1. The normalized spacial score (nSPS) is 29.8. The minimum Gasteiger partial charge on any atom is -0.382 e. The van der Waals surface area contributed by atoms with Crippen LogP contribution in [0.15, 0.2) is 24.3 Å². The molecule has 1 aromatic carbocycles. The maximum absolute atomic E-state index is 5.98. The van der Waals surface area contributed by atoms with E-state index < -0.39 is 0 Å². The molecule has 2 fully saturated rings. The molecule has 20 heavy (non-hydrogen) atoms. The van der Waals surface area contributed by atoms with Gasteiger partial charge in [0.2, 0.25) is 0 Å². The van der Waals surface area contributed by atoms with Gasteiger partial charge in [0.15, 0.2) is 0 Å². The monoisotopic (exact) mass is 277 g/mol. The summed E-state index contributed by atoms with van der Waals surface area (Å²) in [5.41, 5.74) is 2.33. The van der Waals surface area contributed by atoms with Crippen LogP contribution in [0.5, 0.6) is 0 Å². The Hall–Kier alpha value is -1.10. The van der Waals surface area contributed by atoms with Crippen molar-refractivity contribution in [3.63, 3.8) is 0 Å². The Morgan fingerprint density at radius 1 is 1.35 bits per heavy atom. The molecule has 0 aliphatic carbocycles.